The average Bonchev–Trinajstić information content (AvgIpc) is 2.28. The summed E-state index contributed by atoms with van der Waals surface area (Å²) in [7, 11) is 0. The van der Waals surface area contributed by atoms with E-state index in [0.717, 1.165) is 12.8 Å². The first-order valence-electron chi connectivity index (χ1n) is 6.03. The van der Waals surface area contributed by atoms with Gasteiger partial charge in [-0.05, 0) is 39.2 Å². The molecule has 0 saturated heterocycles. The second-order valence-electron chi connectivity index (χ2n) is 3.99. The molecule has 2 unspecified atom stereocenters. The Hall–Kier alpha value is -0.860. The highest BCUT2D eigenvalue weighted by atomic mass is 16.7. The van der Waals surface area contributed by atoms with Gasteiger partial charge in [-0.25, -0.2) is 0 Å². The van der Waals surface area contributed by atoms with Gasteiger partial charge in [-0.2, -0.15) is 0 Å². The van der Waals surface area contributed by atoms with E-state index in [1.54, 1.807) is 0 Å². The van der Waals surface area contributed by atoms with E-state index in [2.05, 4.69) is 31.2 Å². The van der Waals surface area contributed by atoms with Crippen molar-refractivity contribution in [3.63, 3.8) is 0 Å². The van der Waals surface area contributed by atoms with Crippen molar-refractivity contribution in [1.82, 2.24) is 0 Å². The van der Waals surface area contributed by atoms with Crippen LogP contribution in [0, 0.1) is 0 Å². The van der Waals surface area contributed by atoms with Gasteiger partial charge in [0.25, 0.3) is 0 Å². The minimum atomic E-state index is -0.101. The zero-order valence-corrected chi connectivity index (χ0v) is 10.5. The Morgan fingerprint density at radius 1 is 1.12 bits per heavy atom. The van der Waals surface area contributed by atoms with E-state index in [9.17, 15) is 0 Å². The van der Waals surface area contributed by atoms with Crippen molar-refractivity contribution in [3.05, 3.63) is 35.9 Å². The van der Waals surface area contributed by atoms with Crippen LogP contribution in [0.15, 0.2) is 30.3 Å². The summed E-state index contributed by atoms with van der Waals surface area (Å²) in [5.74, 6) is 0. The van der Waals surface area contributed by atoms with Crippen molar-refractivity contribution < 1.29 is 9.47 Å². The van der Waals surface area contributed by atoms with Gasteiger partial charge in [0.2, 0.25) is 0 Å². The number of rotatable bonds is 7. The van der Waals surface area contributed by atoms with E-state index in [1.807, 2.05) is 19.9 Å². The highest BCUT2D eigenvalue weighted by Gasteiger charge is 2.08. The summed E-state index contributed by atoms with van der Waals surface area (Å²) in [5.41, 5.74) is 1.36. The van der Waals surface area contributed by atoms with E-state index >= 15 is 0 Å². The number of benzene rings is 1. The summed E-state index contributed by atoms with van der Waals surface area (Å²) in [6, 6.07) is 10.5. The van der Waals surface area contributed by atoms with Crippen molar-refractivity contribution in [2.45, 2.75) is 46.0 Å². The van der Waals surface area contributed by atoms with Crippen molar-refractivity contribution in [3.8, 4) is 0 Å². The molecule has 0 aliphatic carbocycles. The maximum Gasteiger partial charge on any atom is 0.155 e. The summed E-state index contributed by atoms with van der Waals surface area (Å²) in [4.78, 5) is 0. The zero-order valence-electron chi connectivity index (χ0n) is 10.5. The van der Waals surface area contributed by atoms with Gasteiger partial charge in [0.1, 0.15) is 0 Å². The fourth-order valence-electron chi connectivity index (χ4n) is 1.68. The maximum absolute atomic E-state index is 5.69. The molecule has 0 amide bonds. The predicted octanol–water partition coefficient (Wildman–Crippen LogP) is 3.41. The third kappa shape index (κ3) is 5.29. The number of hydrogen-bond acceptors (Lipinski definition) is 2. The summed E-state index contributed by atoms with van der Waals surface area (Å²) >= 11 is 0. The van der Waals surface area contributed by atoms with Gasteiger partial charge >= 0.3 is 0 Å². The quantitative estimate of drug-likeness (QED) is 0.658. The van der Waals surface area contributed by atoms with E-state index in [1.165, 1.54) is 5.56 Å². The van der Waals surface area contributed by atoms with E-state index in [4.69, 9.17) is 9.47 Å². The molecule has 0 fully saturated rings. The fraction of sp³-hybridized carbons (Fsp3) is 0.571. The minimum absolute atomic E-state index is 0.101. The molecule has 0 aromatic heterocycles. The Morgan fingerprint density at radius 2 is 1.81 bits per heavy atom. The van der Waals surface area contributed by atoms with Crippen LogP contribution in [0.3, 0.4) is 0 Å². The van der Waals surface area contributed by atoms with Crippen LogP contribution in [0.4, 0.5) is 0 Å². The highest BCUT2D eigenvalue weighted by Crippen LogP contribution is 2.09. The summed E-state index contributed by atoms with van der Waals surface area (Å²) in [5, 5.41) is 0. The molecule has 0 aliphatic heterocycles. The van der Waals surface area contributed by atoms with Gasteiger partial charge in [-0.15, -0.1) is 0 Å². The first kappa shape index (κ1) is 13.2. The Kier molecular flexibility index (Phi) is 6.12. The molecule has 0 aliphatic rings. The van der Waals surface area contributed by atoms with Crippen LogP contribution in [0.2, 0.25) is 0 Å². The SMILES string of the molecule is CCOC(C)OC(C)CCc1ccccc1. The second kappa shape index (κ2) is 7.42. The number of aryl methyl sites for hydroxylation is 1. The minimum Gasteiger partial charge on any atom is -0.353 e. The smallest absolute Gasteiger partial charge is 0.155 e. The van der Waals surface area contributed by atoms with Crippen LogP contribution < -0.4 is 0 Å². The third-order valence-electron chi connectivity index (χ3n) is 2.51. The molecule has 1 aromatic carbocycles. The normalized spacial score (nSPS) is 14.7. The Bertz CT molecular complexity index is 271. The molecular weight excluding hydrogens is 200 g/mol. The Balaban J connectivity index is 2.22. The lowest BCUT2D eigenvalue weighted by Crippen LogP contribution is -2.20. The molecule has 2 atom stereocenters. The lowest BCUT2D eigenvalue weighted by molar-refractivity contribution is -0.153. The molecule has 1 aromatic rings. The first-order chi connectivity index (χ1) is 7.72. The summed E-state index contributed by atoms with van der Waals surface area (Å²) < 4.78 is 11.0. The molecule has 0 saturated carbocycles. The molecule has 0 radical (unpaired) electrons. The van der Waals surface area contributed by atoms with E-state index in [-0.39, 0.29) is 12.4 Å². The van der Waals surface area contributed by atoms with Crippen LogP contribution in [-0.2, 0) is 15.9 Å². The van der Waals surface area contributed by atoms with Crippen LogP contribution in [0.1, 0.15) is 32.8 Å². The molecule has 0 N–H and O–H groups in total. The van der Waals surface area contributed by atoms with Crippen molar-refractivity contribution >= 4 is 0 Å². The van der Waals surface area contributed by atoms with Gasteiger partial charge in [-0.3, -0.25) is 0 Å². The molecule has 90 valence electrons. The standard InChI is InChI=1S/C14H22O2/c1-4-15-13(3)16-12(2)10-11-14-8-6-5-7-9-14/h5-9,12-13H,4,10-11H2,1-3H3. The predicted molar refractivity (Wildman–Crippen MR) is 66.4 cm³/mol. The van der Waals surface area contributed by atoms with Crippen LogP contribution in [0.5, 0.6) is 0 Å². The summed E-state index contributed by atoms with van der Waals surface area (Å²) in [6.07, 6.45) is 2.22. The molecule has 2 heteroatoms. The molecule has 2 nitrogen and oxygen atoms in total. The van der Waals surface area contributed by atoms with E-state index < -0.39 is 0 Å². The second-order valence-corrected chi connectivity index (χ2v) is 3.99. The molecule has 0 bridgehead atoms. The lowest BCUT2D eigenvalue weighted by atomic mass is 10.1. The largest absolute Gasteiger partial charge is 0.353 e. The van der Waals surface area contributed by atoms with Gasteiger partial charge in [-0.1, -0.05) is 30.3 Å². The van der Waals surface area contributed by atoms with Crippen molar-refractivity contribution in [2.75, 3.05) is 6.61 Å². The van der Waals surface area contributed by atoms with Crippen LogP contribution >= 0.6 is 0 Å². The van der Waals surface area contributed by atoms with Gasteiger partial charge < -0.3 is 9.47 Å². The van der Waals surface area contributed by atoms with Crippen LogP contribution in [-0.4, -0.2) is 19.0 Å². The van der Waals surface area contributed by atoms with E-state index in [0.29, 0.717) is 6.61 Å². The summed E-state index contributed by atoms with van der Waals surface area (Å²) in [6.45, 7) is 6.72. The number of hydrogen-bond donors (Lipinski definition) is 0. The van der Waals surface area contributed by atoms with Crippen LogP contribution in [0.25, 0.3) is 0 Å². The first-order valence-corrected chi connectivity index (χ1v) is 6.03. The lowest BCUT2D eigenvalue weighted by Gasteiger charge is -2.18. The molecule has 16 heavy (non-hydrogen) atoms. The molecule has 0 heterocycles. The zero-order chi connectivity index (χ0) is 11.8. The van der Waals surface area contributed by atoms with Gasteiger partial charge in [0.15, 0.2) is 6.29 Å². The van der Waals surface area contributed by atoms with Gasteiger partial charge in [0, 0.05) is 6.61 Å². The van der Waals surface area contributed by atoms with Gasteiger partial charge in [0.05, 0.1) is 6.10 Å². The highest BCUT2D eigenvalue weighted by molar-refractivity contribution is 5.14. The Labute approximate surface area is 98.6 Å². The Morgan fingerprint density at radius 3 is 2.44 bits per heavy atom. The topological polar surface area (TPSA) is 18.5 Å². The molecular formula is C14H22O2. The maximum atomic E-state index is 5.69. The number of ether oxygens (including phenoxy) is 2. The molecule has 0 spiro atoms. The monoisotopic (exact) mass is 222 g/mol. The average molecular weight is 222 g/mol. The molecule has 1 rings (SSSR count). The third-order valence-corrected chi connectivity index (χ3v) is 2.51. The van der Waals surface area contributed by atoms with Crippen molar-refractivity contribution in [2.24, 2.45) is 0 Å². The fourth-order valence-corrected chi connectivity index (χ4v) is 1.68. The van der Waals surface area contributed by atoms with Crippen molar-refractivity contribution in [1.29, 1.82) is 0 Å².